The van der Waals surface area contributed by atoms with E-state index in [2.05, 4.69) is 35.6 Å². The fraction of sp³-hybridized carbons (Fsp3) is 0.0588. The van der Waals surface area contributed by atoms with Gasteiger partial charge in [-0.25, -0.2) is 14.4 Å². The van der Waals surface area contributed by atoms with Crippen molar-refractivity contribution in [3.8, 4) is 0 Å². The first-order valence-electron chi connectivity index (χ1n) is 8.22. The Labute approximate surface area is 221 Å². The predicted octanol–water partition coefficient (Wildman–Crippen LogP) is 2.37. The van der Waals surface area contributed by atoms with Crippen LogP contribution in [0.1, 0.15) is 10.5 Å². The Morgan fingerprint density at radius 1 is 1.20 bits per heavy atom. The van der Waals surface area contributed by atoms with E-state index < -0.39 is 5.91 Å². The number of amides is 1. The van der Waals surface area contributed by atoms with Crippen LogP contribution in [0.3, 0.4) is 0 Å². The first-order valence-corrected chi connectivity index (χ1v) is 9.85. The monoisotopic (exact) mass is 468 g/mol. The Bertz CT molecular complexity index is 1140. The number of nitrogens with zero attached hydrogens (tertiary/aromatic N) is 6. The molecule has 9 nitrogen and oxygen atoms in total. The van der Waals surface area contributed by atoms with Crippen molar-refractivity contribution in [2.45, 2.75) is 20.1 Å². The summed E-state index contributed by atoms with van der Waals surface area (Å²) in [6.07, 6.45) is 4.70. The van der Waals surface area contributed by atoms with Gasteiger partial charge in [0.2, 0.25) is 0 Å². The molecule has 1 amide bonds. The molecule has 1 aromatic carbocycles. The van der Waals surface area contributed by atoms with E-state index in [1.165, 1.54) is 48.2 Å². The number of aromatic nitrogens is 7. The van der Waals surface area contributed by atoms with Crippen LogP contribution >= 0.6 is 23.5 Å². The number of halogens is 1. The zero-order valence-corrected chi connectivity index (χ0v) is 16.5. The second-order valence-corrected chi connectivity index (χ2v) is 7.71. The van der Waals surface area contributed by atoms with Crippen LogP contribution in [0.5, 0.6) is 0 Å². The topological polar surface area (TPSA) is 114 Å². The summed E-state index contributed by atoms with van der Waals surface area (Å²) >= 11 is 2.40. The minimum atomic E-state index is -0.458. The molecule has 0 aliphatic carbocycles. The molecule has 13 heteroatoms. The van der Waals surface area contributed by atoms with E-state index in [1.807, 2.05) is 0 Å². The summed E-state index contributed by atoms with van der Waals surface area (Å²) in [5, 5.41) is 15.8. The molecule has 0 saturated carbocycles. The van der Waals surface area contributed by atoms with Gasteiger partial charge in [-0.2, -0.15) is 5.10 Å². The van der Waals surface area contributed by atoms with E-state index in [1.54, 1.807) is 36.1 Å². The molecule has 0 spiro atoms. The number of carbonyl (C=O) groups excluding carboxylic acids is 1. The zero-order chi connectivity index (χ0) is 20.2. The first-order chi connectivity index (χ1) is 14.1. The molecule has 4 aromatic rings. The van der Waals surface area contributed by atoms with Gasteiger partial charge in [0.05, 0.1) is 6.20 Å². The summed E-state index contributed by atoms with van der Waals surface area (Å²) in [5.41, 5.74) is 0.120. The van der Waals surface area contributed by atoms with Crippen molar-refractivity contribution in [1.29, 1.82) is 0 Å². The SMILES string of the molecule is Cn1ccc(NC(=O)c2nc(Sc3nnc[nH]3)cnc2Sc2ccc(F)cc2)n1.[KH]. The maximum atomic E-state index is 13.2. The Morgan fingerprint density at radius 2 is 2.00 bits per heavy atom. The molecule has 0 bridgehead atoms. The van der Waals surface area contributed by atoms with Crippen LogP contribution in [0.15, 0.2) is 69.2 Å². The molecule has 0 radical (unpaired) electrons. The molecule has 0 fully saturated rings. The van der Waals surface area contributed by atoms with Gasteiger partial charge in [-0.3, -0.25) is 9.48 Å². The summed E-state index contributed by atoms with van der Waals surface area (Å²) in [5.74, 6) is -0.404. The molecular formula is C17H14FKN8OS2. The Balaban J connectivity index is 0.00000256. The number of benzene rings is 1. The van der Waals surface area contributed by atoms with Crippen molar-refractivity contribution in [2.24, 2.45) is 7.05 Å². The molecular weight excluding hydrogens is 454 g/mol. The van der Waals surface area contributed by atoms with Crippen LogP contribution in [0.2, 0.25) is 0 Å². The molecule has 148 valence electrons. The number of carbonyl (C=O) groups is 1. The maximum absolute atomic E-state index is 13.2. The van der Waals surface area contributed by atoms with Gasteiger partial charge in [-0.1, -0.05) is 11.8 Å². The van der Waals surface area contributed by atoms with Gasteiger partial charge in [-0.05, 0) is 36.0 Å². The van der Waals surface area contributed by atoms with Gasteiger partial charge < -0.3 is 10.3 Å². The number of H-pyrrole nitrogens is 1. The average Bonchev–Trinajstić information content (AvgIpc) is 3.36. The van der Waals surface area contributed by atoms with E-state index >= 15 is 0 Å². The fourth-order valence-electron chi connectivity index (χ4n) is 2.25. The molecule has 2 N–H and O–H groups in total. The summed E-state index contributed by atoms with van der Waals surface area (Å²) in [6, 6.07) is 7.58. The Kier molecular flexibility index (Phi) is 8.16. The van der Waals surface area contributed by atoms with Crippen molar-refractivity contribution in [3.05, 3.63) is 60.6 Å². The van der Waals surface area contributed by atoms with E-state index in [4.69, 9.17) is 0 Å². The molecule has 0 aliphatic rings. The number of rotatable bonds is 6. The number of hydrogen-bond donors (Lipinski definition) is 2. The molecule has 3 aromatic heterocycles. The number of hydrogen-bond acceptors (Lipinski definition) is 8. The van der Waals surface area contributed by atoms with Crippen LogP contribution < -0.4 is 5.32 Å². The van der Waals surface area contributed by atoms with Crippen LogP contribution in [0.25, 0.3) is 0 Å². The van der Waals surface area contributed by atoms with Gasteiger partial charge in [0, 0.05) is 24.2 Å². The van der Waals surface area contributed by atoms with Crippen molar-refractivity contribution in [2.75, 3.05) is 5.32 Å². The Morgan fingerprint density at radius 3 is 2.67 bits per heavy atom. The van der Waals surface area contributed by atoms with Gasteiger partial charge in [-0.15, -0.1) is 10.2 Å². The number of anilines is 1. The van der Waals surface area contributed by atoms with Crippen LogP contribution in [-0.4, -0.2) is 92.2 Å². The third-order valence-corrected chi connectivity index (χ3v) is 5.31. The number of nitrogens with one attached hydrogen (secondary N) is 2. The van der Waals surface area contributed by atoms with E-state index in [0.29, 0.717) is 21.0 Å². The van der Waals surface area contributed by atoms with Crippen molar-refractivity contribution < 1.29 is 9.18 Å². The van der Waals surface area contributed by atoms with E-state index in [0.717, 1.165) is 4.90 Å². The third-order valence-electron chi connectivity index (χ3n) is 3.51. The third kappa shape index (κ3) is 5.97. The van der Waals surface area contributed by atoms with Crippen molar-refractivity contribution in [1.82, 2.24) is 34.9 Å². The normalized spacial score (nSPS) is 10.5. The van der Waals surface area contributed by atoms with Gasteiger partial charge >= 0.3 is 51.4 Å². The summed E-state index contributed by atoms with van der Waals surface area (Å²) < 4.78 is 14.8. The quantitative estimate of drug-likeness (QED) is 0.415. The molecule has 3 heterocycles. The van der Waals surface area contributed by atoms with Crippen LogP contribution in [0.4, 0.5) is 10.2 Å². The number of aromatic amines is 1. The first kappa shape index (κ1) is 23.1. The van der Waals surface area contributed by atoms with Gasteiger partial charge in [0.25, 0.3) is 5.91 Å². The standard InChI is InChI=1S/C17H13FN8OS2.K.H/c1-26-7-6-12(25-26)22-15(27)14-16(28-11-4-2-10(18)3-5-11)19-8-13(23-14)29-17-20-9-21-24-17;;/h2-9H,1H3,(H,20,21,24)(H,22,25,27);;. The second-order valence-electron chi connectivity index (χ2n) is 5.64. The minimum absolute atomic E-state index is 0. The summed E-state index contributed by atoms with van der Waals surface area (Å²) in [4.78, 5) is 25.3. The second kappa shape index (κ2) is 10.6. The van der Waals surface area contributed by atoms with Gasteiger partial charge in [0.1, 0.15) is 22.2 Å². The molecule has 0 saturated heterocycles. The summed E-state index contributed by atoms with van der Waals surface area (Å²) in [7, 11) is 1.75. The Hall–Kier alpha value is -1.61. The molecule has 4 rings (SSSR count). The molecule has 0 atom stereocenters. The average molecular weight is 469 g/mol. The van der Waals surface area contributed by atoms with Gasteiger partial charge in [0.15, 0.2) is 16.7 Å². The fourth-order valence-corrected chi connectivity index (χ4v) is 3.72. The van der Waals surface area contributed by atoms with Crippen molar-refractivity contribution >= 4 is 86.6 Å². The van der Waals surface area contributed by atoms with E-state index in [-0.39, 0.29) is 62.9 Å². The van der Waals surface area contributed by atoms with Crippen LogP contribution in [-0.2, 0) is 7.05 Å². The predicted molar refractivity (Wildman–Crippen MR) is 111 cm³/mol. The van der Waals surface area contributed by atoms with Crippen LogP contribution in [0, 0.1) is 5.82 Å². The summed E-state index contributed by atoms with van der Waals surface area (Å²) in [6.45, 7) is 0. The molecule has 0 aliphatic heterocycles. The molecule has 0 unspecified atom stereocenters. The molecule has 30 heavy (non-hydrogen) atoms. The van der Waals surface area contributed by atoms with E-state index in [9.17, 15) is 9.18 Å². The van der Waals surface area contributed by atoms with Crippen molar-refractivity contribution in [3.63, 3.8) is 0 Å². The number of aryl methyl sites for hydroxylation is 1. The zero-order valence-electron chi connectivity index (χ0n) is 14.9.